The first-order valence-electron chi connectivity index (χ1n) is 9.34. The molecule has 0 spiro atoms. The third-order valence-corrected chi connectivity index (χ3v) is 7.29. The smallest absolute Gasteiger partial charge is 0.237 e. The van der Waals surface area contributed by atoms with Crippen molar-refractivity contribution in [3.63, 3.8) is 0 Å². The van der Waals surface area contributed by atoms with Crippen LogP contribution in [0, 0.1) is 30.6 Å². The maximum absolute atomic E-state index is 12.9. The van der Waals surface area contributed by atoms with Crippen LogP contribution in [0.5, 0.6) is 0 Å². The Morgan fingerprint density at radius 3 is 1.85 bits per heavy atom. The van der Waals surface area contributed by atoms with Gasteiger partial charge >= 0.3 is 0 Å². The van der Waals surface area contributed by atoms with Crippen molar-refractivity contribution in [1.29, 1.82) is 0 Å². The lowest BCUT2D eigenvalue weighted by atomic mass is 9.81. The molecule has 2 saturated carbocycles. The third-order valence-electron chi connectivity index (χ3n) is 6.28. The summed E-state index contributed by atoms with van der Waals surface area (Å²) in [7, 11) is 0. The first-order valence-corrected chi connectivity index (χ1v) is 10.2. The molecule has 3 nitrogen and oxygen atoms in total. The molecule has 3 aliphatic rings. The van der Waals surface area contributed by atoms with Gasteiger partial charge in [0.1, 0.15) is 0 Å². The number of anilines is 1. The predicted molar refractivity (Wildman–Crippen MR) is 102 cm³/mol. The lowest BCUT2D eigenvalue weighted by Crippen LogP contribution is -2.32. The van der Waals surface area contributed by atoms with E-state index in [1.165, 1.54) is 15.4 Å². The van der Waals surface area contributed by atoms with Crippen LogP contribution in [0.3, 0.4) is 0 Å². The van der Waals surface area contributed by atoms with Crippen LogP contribution < -0.4 is 4.90 Å². The Morgan fingerprint density at radius 1 is 0.808 bits per heavy atom. The van der Waals surface area contributed by atoms with Crippen LogP contribution in [0.4, 0.5) is 5.69 Å². The van der Waals surface area contributed by atoms with Gasteiger partial charge < -0.3 is 0 Å². The zero-order valence-electron chi connectivity index (χ0n) is 14.7. The number of amides is 2. The summed E-state index contributed by atoms with van der Waals surface area (Å²) < 4.78 is 0. The van der Waals surface area contributed by atoms with Gasteiger partial charge in [0, 0.05) is 9.79 Å². The zero-order valence-corrected chi connectivity index (χ0v) is 15.5. The molecule has 5 rings (SSSR count). The molecule has 1 heterocycles. The molecule has 4 atom stereocenters. The van der Waals surface area contributed by atoms with Crippen LogP contribution in [0.1, 0.15) is 24.8 Å². The van der Waals surface area contributed by atoms with Crippen molar-refractivity contribution < 1.29 is 9.59 Å². The van der Waals surface area contributed by atoms with Gasteiger partial charge in [0.05, 0.1) is 17.5 Å². The fraction of sp³-hybridized carbons (Fsp3) is 0.364. The van der Waals surface area contributed by atoms with Crippen molar-refractivity contribution >= 4 is 29.3 Å². The summed E-state index contributed by atoms with van der Waals surface area (Å²) in [5.41, 5.74) is 1.97. The molecule has 1 saturated heterocycles. The van der Waals surface area contributed by atoms with Crippen LogP contribution >= 0.6 is 11.8 Å². The van der Waals surface area contributed by atoms with Crippen LogP contribution in [0.25, 0.3) is 0 Å². The van der Waals surface area contributed by atoms with Gasteiger partial charge in [-0.3, -0.25) is 14.5 Å². The van der Waals surface area contributed by atoms with Crippen molar-refractivity contribution in [1.82, 2.24) is 0 Å². The summed E-state index contributed by atoms with van der Waals surface area (Å²) in [4.78, 5) is 29.5. The second-order valence-electron chi connectivity index (χ2n) is 7.81. The molecule has 2 aliphatic carbocycles. The molecule has 2 aromatic carbocycles. The number of nitrogens with zero attached hydrogens (tertiary/aromatic N) is 1. The lowest BCUT2D eigenvalue weighted by Gasteiger charge is -2.19. The molecule has 2 amide bonds. The number of carbonyl (C=O) groups is 2. The molecule has 3 fully saturated rings. The number of aryl methyl sites for hydroxylation is 1. The van der Waals surface area contributed by atoms with Crippen LogP contribution in [0.2, 0.25) is 0 Å². The first kappa shape index (κ1) is 16.1. The number of carbonyl (C=O) groups excluding carboxylic acids is 2. The summed E-state index contributed by atoms with van der Waals surface area (Å²) in [5, 5.41) is 0. The summed E-state index contributed by atoms with van der Waals surface area (Å²) in [6.45, 7) is 2.08. The number of hydrogen-bond donors (Lipinski definition) is 0. The number of benzene rings is 2. The highest BCUT2D eigenvalue weighted by atomic mass is 32.2. The Balaban J connectivity index is 1.37. The quantitative estimate of drug-likeness (QED) is 0.743. The highest BCUT2D eigenvalue weighted by molar-refractivity contribution is 7.99. The minimum Gasteiger partial charge on any atom is -0.274 e. The highest BCUT2D eigenvalue weighted by Crippen LogP contribution is 2.56. The molecular weight excluding hydrogens is 342 g/mol. The van der Waals surface area contributed by atoms with E-state index in [9.17, 15) is 9.59 Å². The fourth-order valence-corrected chi connectivity index (χ4v) is 5.89. The van der Waals surface area contributed by atoms with Crippen molar-refractivity contribution in [2.75, 3.05) is 4.90 Å². The Kier molecular flexibility index (Phi) is 3.71. The minimum atomic E-state index is -0.0529. The molecule has 4 unspecified atom stereocenters. The number of fused-ring (bicyclic) bond motifs is 5. The van der Waals surface area contributed by atoms with E-state index in [1.807, 2.05) is 24.3 Å². The van der Waals surface area contributed by atoms with Crippen molar-refractivity contribution in [2.45, 2.75) is 36.0 Å². The van der Waals surface area contributed by atoms with E-state index < -0.39 is 0 Å². The maximum atomic E-state index is 12.9. The molecular formula is C22H21NO2S. The second-order valence-corrected chi connectivity index (χ2v) is 8.95. The molecule has 2 aromatic rings. The number of hydrogen-bond acceptors (Lipinski definition) is 3. The fourth-order valence-electron chi connectivity index (χ4n) is 5.07. The van der Waals surface area contributed by atoms with Crippen molar-refractivity contribution in [3.05, 3.63) is 54.1 Å². The van der Waals surface area contributed by atoms with E-state index in [0.717, 1.165) is 29.8 Å². The van der Waals surface area contributed by atoms with Gasteiger partial charge in [0.2, 0.25) is 11.8 Å². The van der Waals surface area contributed by atoms with Gasteiger partial charge in [-0.05, 0) is 74.4 Å². The van der Waals surface area contributed by atoms with E-state index >= 15 is 0 Å². The Bertz CT molecular complexity index is 846. The van der Waals surface area contributed by atoms with Gasteiger partial charge in [-0.15, -0.1) is 0 Å². The van der Waals surface area contributed by atoms with E-state index in [1.54, 1.807) is 11.8 Å². The molecule has 1 aliphatic heterocycles. The monoisotopic (exact) mass is 363 g/mol. The first-order chi connectivity index (χ1) is 12.6. The van der Waals surface area contributed by atoms with E-state index in [-0.39, 0.29) is 23.7 Å². The molecule has 26 heavy (non-hydrogen) atoms. The molecule has 2 bridgehead atoms. The molecule has 132 valence electrons. The second kappa shape index (κ2) is 5.98. The minimum absolute atomic E-state index is 0.0335. The third kappa shape index (κ3) is 2.43. The van der Waals surface area contributed by atoms with Gasteiger partial charge in [-0.2, -0.15) is 0 Å². The van der Waals surface area contributed by atoms with Gasteiger partial charge in [-0.1, -0.05) is 29.5 Å². The lowest BCUT2D eigenvalue weighted by molar-refractivity contribution is -0.123. The number of imide groups is 1. The average Bonchev–Trinajstić information content (AvgIpc) is 3.32. The Morgan fingerprint density at radius 2 is 1.31 bits per heavy atom. The van der Waals surface area contributed by atoms with Crippen molar-refractivity contribution in [2.24, 2.45) is 23.7 Å². The molecule has 4 heteroatoms. The van der Waals surface area contributed by atoms with Crippen LogP contribution in [-0.4, -0.2) is 11.8 Å². The Labute approximate surface area is 157 Å². The van der Waals surface area contributed by atoms with E-state index in [4.69, 9.17) is 0 Å². The summed E-state index contributed by atoms with van der Waals surface area (Å²) in [6.07, 6.45) is 3.31. The van der Waals surface area contributed by atoms with Gasteiger partial charge in [-0.25, -0.2) is 0 Å². The topological polar surface area (TPSA) is 37.4 Å². The summed E-state index contributed by atoms with van der Waals surface area (Å²) in [6, 6.07) is 16.3. The molecule has 0 radical (unpaired) electrons. The largest absolute Gasteiger partial charge is 0.274 e. The van der Waals surface area contributed by atoms with Gasteiger partial charge in [0.25, 0.3) is 0 Å². The van der Waals surface area contributed by atoms with E-state index in [0.29, 0.717) is 11.8 Å². The SMILES string of the molecule is Cc1ccc(Sc2ccc(N3C(=O)C4C5CCC(C5)C4C3=O)cc2)cc1. The van der Waals surface area contributed by atoms with Crippen LogP contribution in [0.15, 0.2) is 58.3 Å². The summed E-state index contributed by atoms with van der Waals surface area (Å²) in [5.74, 6) is 0.827. The number of rotatable bonds is 3. The van der Waals surface area contributed by atoms with Crippen LogP contribution in [-0.2, 0) is 9.59 Å². The van der Waals surface area contributed by atoms with Gasteiger partial charge in [0.15, 0.2) is 0 Å². The highest BCUT2D eigenvalue weighted by Gasteiger charge is 2.61. The standard InChI is InChI=1S/C22H21NO2S/c1-13-2-8-17(9-3-13)26-18-10-6-16(7-11-18)23-21(24)19-14-4-5-15(12-14)20(19)22(23)25/h2-3,6-11,14-15,19-20H,4-5,12H2,1H3. The molecule has 0 aromatic heterocycles. The normalized spacial score (nSPS) is 29.5. The maximum Gasteiger partial charge on any atom is 0.237 e. The predicted octanol–water partition coefficient (Wildman–Crippen LogP) is 4.68. The average molecular weight is 363 g/mol. The van der Waals surface area contributed by atoms with E-state index in [2.05, 4.69) is 31.2 Å². The zero-order chi connectivity index (χ0) is 17.8. The Hall–Kier alpha value is -2.07. The van der Waals surface area contributed by atoms with Crippen molar-refractivity contribution in [3.8, 4) is 0 Å². The molecule has 0 N–H and O–H groups in total. The summed E-state index contributed by atoms with van der Waals surface area (Å²) >= 11 is 1.69.